The topological polar surface area (TPSA) is 89.9 Å². The van der Waals surface area contributed by atoms with Gasteiger partial charge in [-0.1, -0.05) is 0 Å². The fourth-order valence-electron chi connectivity index (χ4n) is 1.85. The van der Waals surface area contributed by atoms with E-state index in [1.54, 1.807) is 0 Å². The Morgan fingerprint density at radius 2 is 1.88 bits per heavy atom. The van der Waals surface area contributed by atoms with E-state index in [0.717, 1.165) is 26.2 Å². The molecule has 0 bridgehead atoms. The van der Waals surface area contributed by atoms with E-state index in [1.807, 2.05) is 0 Å². The van der Waals surface area contributed by atoms with Gasteiger partial charge in [0, 0.05) is 32.8 Å². The molecule has 0 radical (unpaired) electrons. The quantitative estimate of drug-likeness (QED) is 0.521. The zero-order valence-corrected chi connectivity index (χ0v) is 10.1. The zero-order valence-electron chi connectivity index (χ0n) is 9.30. The zero-order chi connectivity index (χ0) is 12.0. The lowest BCUT2D eigenvalue weighted by molar-refractivity contribution is 0.228. The minimum Gasteiger partial charge on any atom is -0.396 e. The normalized spacial score (nSPS) is 20.9. The summed E-state index contributed by atoms with van der Waals surface area (Å²) in [6.07, 6.45) is 0.477. The van der Waals surface area contributed by atoms with Crippen molar-refractivity contribution < 1.29 is 18.1 Å². The van der Waals surface area contributed by atoms with Crippen molar-refractivity contribution in [1.82, 2.24) is 10.2 Å². The Balaban J connectivity index is 2.37. The smallest absolute Gasteiger partial charge is 0.267 e. The van der Waals surface area contributed by atoms with Gasteiger partial charge in [-0.05, 0) is 19.4 Å². The van der Waals surface area contributed by atoms with E-state index < -0.39 is 15.4 Å². The maximum absolute atomic E-state index is 11.0. The molecule has 0 spiro atoms. The predicted molar refractivity (Wildman–Crippen MR) is 61.0 cm³/mol. The molecule has 6 nitrogen and oxygen atoms in total. The SMILES string of the molecule is O=S(=O)(O)C(CCO)CCN1CCNCC1. The van der Waals surface area contributed by atoms with Crippen molar-refractivity contribution in [2.45, 2.75) is 18.1 Å². The molecule has 1 rings (SSSR count). The van der Waals surface area contributed by atoms with Crippen LogP contribution < -0.4 is 5.32 Å². The van der Waals surface area contributed by atoms with E-state index in [2.05, 4.69) is 10.2 Å². The Labute approximate surface area is 96.4 Å². The van der Waals surface area contributed by atoms with Gasteiger partial charge in [-0.25, -0.2) is 0 Å². The van der Waals surface area contributed by atoms with Gasteiger partial charge in [-0.2, -0.15) is 8.42 Å². The molecule has 0 aliphatic carbocycles. The Hall–Kier alpha value is -0.210. The van der Waals surface area contributed by atoms with Crippen molar-refractivity contribution in [1.29, 1.82) is 0 Å². The van der Waals surface area contributed by atoms with Crippen molar-refractivity contribution in [2.24, 2.45) is 0 Å². The molecule has 1 fully saturated rings. The fraction of sp³-hybridized carbons (Fsp3) is 1.00. The number of rotatable bonds is 6. The van der Waals surface area contributed by atoms with Gasteiger partial charge < -0.3 is 15.3 Å². The Morgan fingerprint density at radius 3 is 2.38 bits per heavy atom. The largest absolute Gasteiger partial charge is 0.396 e. The maximum atomic E-state index is 11.0. The second kappa shape index (κ2) is 6.51. The molecule has 0 aromatic heterocycles. The van der Waals surface area contributed by atoms with Crippen LogP contribution in [0, 0.1) is 0 Å². The molecule has 96 valence electrons. The molecule has 1 aliphatic heterocycles. The highest BCUT2D eigenvalue weighted by Gasteiger charge is 2.23. The second-order valence-corrected chi connectivity index (χ2v) is 5.73. The van der Waals surface area contributed by atoms with Crippen LogP contribution in [-0.4, -0.2) is 67.6 Å². The molecule has 16 heavy (non-hydrogen) atoms. The van der Waals surface area contributed by atoms with Crippen LogP contribution in [0.3, 0.4) is 0 Å². The van der Waals surface area contributed by atoms with Gasteiger partial charge >= 0.3 is 0 Å². The van der Waals surface area contributed by atoms with Crippen LogP contribution >= 0.6 is 0 Å². The lowest BCUT2D eigenvalue weighted by Crippen LogP contribution is -2.44. The van der Waals surface area contributed by atoms with E-state index in [0.29, 0.717) is 13.0 Å². The first-order chi connectivity index (χ1) is 7.54. The minimum atomic E-state index is -4.03. The monoisotopic (exact) mass is 252 g/mol. The van der Waals surface area contributed by atoms with Crippen molar-refractivity contribution in [3.05, 3.63) is 0 Å². The summed E-state index contributed by atoms with van der Waals surface area (Å²) in [7, 11) is -4.03. The summed E-state index contributed by atoms with van der Waals surface area (Å²) in [6, 6.07) is 0. The summed E-state index contributed by atoms with van der Waals surface area (Å²) in [5, 5.41) is 11.1. The number of nitrogens with one attached hydrogen (secondary N) is 1. The summed E-state index contributed by atoms with van der Waals surface area (Å²) in [6.45, 7) is 4.06. The van der Waals surface area contributed by atoms with Crippen LogP contribution in [0.1, 0.15) is 12.8 Å². The fourth-order valence-corrected chi connectivity index (χ4v) is 2.65. The highest BCUT2D eigenvalue weighted by Crippen LogP contribution is 2.10. The van der Waals surface area contributed by atoms with Crippen molar-refractivity contribution in [3.63, 3.8) is 0 Å². The third-order valence-electron chi connectivity index (χ3n) is 2.85. The molecule has 1 atom stereocenters. The number of nitrogens with zero attached hydrogens (tertiary/aromatic N) is 1. The van der Waals surface area contributed by atoms with E-state index in [-0.39, 0.29) is 13.0 Å². The Kier molecular flexibility index (Phi) is 5.63. The van der Waals surface area contributed by atoms with Gasteiger partial charge in [-0.15, -0.1) is 0 Å². The Bertz CT molecular complexity index is 288. The molecular weight excluding hydrogens is 232 g/mol. The first-order valence-corrected chi connectivity index (χ1v) is 7.04. The summed E-state index contributed by atoms with van der Waals surface area (Å²) in [4.78, 5) is 2.16. The maximum Gasteiger partial charge on any atom is 0.267 e. The number of aliphatic hydroxyl groups is 1. The second-order valence-electron chi connectivity index (χ2n) is 4.03. The summed E-state index contributed by atoms with van der Waals surface area (Å²) >= 11 is 0. The van der Waals surface area contributed by atoms with Crippen LogP contribution in [0.2, 0.25) is 0 Å². The van der Waals surface area contributed by atoms with Gasteiger partial charge in [0.05, 0.1) is 5.25 Å². The van der Waals surface area contributed by atoms with Crippen LogP contribution in [-0.2, 0) is 10.1 Å². The van der Waals surface area contributed by atoms with Gasteiger partial charge in [0.25, 0.3) is 10.1 Å². The highest BCUT2D eigenvalue weighted by molar-refractivity contribution is 7.86. The lowest BCUT2D eigenvalue weighted by atomic mass is 10.2. The van der Waals surface area contributed by atoms with Crippen molar-refractivity contribution in [3.8, 4) is 0 Å². The van der Waals surface area contributed by atoms with Crippen molar-refractivity contribution in [2.75, 3.05) is 39.3 Å². The average Bonchev–Trinajstić information content (AvgIpc) is 2.24. The predicted octanol–water partition coefficient (Wildman–Crippen LogP) is -1.08. The Morgan fingerprint density at radius 1 is 1.25 bits per heavy atom. The lowest BCUT2D eigenvalue weighted by Gasteiger charge is -2.28. The minimum absolute atomic E-state index is 0.102. The van der Waals surface area contributed by atoms with E-state index >= 15 is 0 Å². The molecule has 3 N–H and O–H groups in total. The molecule has 0 aromatic rings. The molecule has 0 amide bonds. The first kappa shape index (κ1) is 13.9. The third-order valence-corrected chi connectivity index (χ3v) is 4.16. The molecule has 0 aromatic carbocycles. The number of hydrogen-bond donors (Lipinski definition) is 3. The highest BCUT2D eigenvalue weighted by atomic mass is 32.2. The van der Waals surface area contributed by atoms with Gasteiger partial charge in [0.2, 0.25) is 0 Å². The molecule has 1 aliphatic rings. The number of piperazine rings is 1. The van der Waals surface area contributed by atoms with Gasteiger partial charge in [0.15, 0.2) is 0 Å². The summed E-state index contributed by atoms with van der Waals surface area (Å²) in [5.74, 6) is 0. The van der Waals surface area contributed by atoms with Crippen LogP contribution in [0.15, 0.2) is 0 Å². The first-order valence-electron chi connectivity index (χ1n) is 5.54. The van der Waals surface area contributed by atoms with Crippen LogP contribution in [0.4, 0.5) is 0 Å². The van der Waals surface area contributed by atoms with Crippen LogP contribution in [0.25, 0.3) is 0 Å². The standard InChI is InChI=1S/C9H20N2O4S/c12-8-2-9(16(13,14)15)1-5-11-6-3-10-4-7-11/h9-10,12H,1-8H2,(H,13,14,15). The van der Waals surface area contributed by atoms with Crippen LogP contribution in [0.5, 0.6) is 0 Å². The van der Waals surface area contributed by atoms with E-state index in [1.165, 1.54) is 0 Å². The molecule has 1 heterocycles. The van der Waals surface area contributed by atoms with Gasteiger partial charge in [-0.3, -0.25) is 4.55 Å². The van der Waals surface area contributed by atoms with E-state index in [4.69, 9.17) is 9.66 Å². The molecule has 1 saturated heterocycles. The average molecular weight is 252 g/mol. The molecule has 0 saturated carbocycles. The van der Waals surface area contributed by atoms with E-state index in [9.17, 15) is 8.42 Å². The summed E-state index contributed by atoms with van der Waals surface area (Å²) < 4.78 is 31.0. The number of hydrogen-bond acceptors (Lipinski definition) is 5. The number of aliphatic hydroxyl groups excluding tert-OH is 1. The summed E-state index contributed by atoms with van der Waals surface area (Å²) in [5.41, 5.74) is 0. The third kappa shape index (κ3) is 4.75. The van der Waals surface area contributed by atoms with Crippen molar-refractivity contribution >= 4 is 10.1 Å². The molecule has 1 unspecified atom stereocenters. The molecule has 7 heteroatoms. The van der Waals surface area contributed by atoms with Gasteiger partial charge in [0.1, 0.15) is 0 Å². The molecular formula is C9H20N2O4S.